The van der Waals surface area contributed by atoms with Gasteiger partial charge < -0.3 is 0 Å². The lowest BCUT2D eigenvalue weighted by atomic mass is 10.0. The maximum Gasteiger partial charge on any atom is 0.170 e. The van der Waals surface area contributed by atoms with Crippen LogP contribution in [0.5, 0.6) is 0 Å². The van der Waals surface area contributed by atoms with Crippen LogP contribution in [0.1, 0.15) is 15.9 Å². The van der Waals surface area contributed by atoms with Gasteiger partial charge in [-0.3, -0.25) is 4.79 Å². The highest BCUT2D eigenvalue weighted by Crippen LogP contribution is 2.23. The van der Waals surface area contributed by atoms with Crippen LogP contribution in [0.3, 0.4) is 0 Å². The van der Waals surface area contributed by atoms with Crippen LogP contribution in [0.4, 0.5) is 13.2 Å². The fourth-order valence-electron chi connectivity index (χ4n) is 1.67. The minimum atomic E-state index is -0.843. The first-order chi connectivity index (χ1) is 9.00. The number of hydrogen-bond donors (Lipinski definition) is 0. The molecule has 0 aromatic heterocycles. The second-order valence-electron chi connectivity index (χ2n) is 3.90. The molecule has 0 amide bonds. The number of carbonyl (C=O) groups is 1. The van der Waals surface area contributed by atoms with Crippen molar-refractivity contribution in [2.45, 2.75) is 6.42 Å². The standard InChI is InChI=1S/C14H8BrF3O/c15-10-5-6-12(17)9(14(10)18)7-13(19)8-3-1-2-4-11(8)16/h1-6H,7H2. The Morgan fingerprint density at radius 2 is 1.68 bits per heavy atom. The maximum atomic E-state index is 13.7. The highest BCUT2D eigenvalue weighted by Gasteiger charge is 2.18. The van der Waals surface area contributed by atoms with E-state index in [2.05, 4.69) is 15.9 Å². The van der Waals surface area contributed by atoms with Gasteiger partial charge in [-0.25, -0.2) is 13.2 Å². The SMILES string of the molecule is O=C(Cc1c(F)ccc(Br)c1F)c1ccccc1F. The molecule has 0 heterocycles. The Morgan fingerprint density at radius 3 is 2.37 bits per heavy atom. The summed E-state index contributed by atoms with van der Waals surface area (Å²) in [4.78, 5) is 11.9. The Kier molecular flexibility index (Phi) is 4.04. The van der Waals surface area contributed by atoms with Gasteiger partial charge in [0.05, 0.1) is 10.0 Å². The third-order valence-corrected chi connectivity index (χ3v) is 3.26. The van der Waals surface area contributed by atoms with Crippen LogP contribution in [0.25, 0.3) is 0 Å². The summed E-state index contributed by atoms with van der Waals surface area (Å²) in [5, 5.41) is 0. The molecule has 0 spiro atoms. The van der Waals surface area contributed by atoms with Gasteiger partial charge in [-0.1, -0.05) is 12.1 Å². The molecule has 0 fully saturated rings. The highest BCUT2D eigenvalue weighted by atomic mass is 79.9. The fraction of sp³-hybridized carbons (Fsp3) is 0.0714. The van der Waals surface area contributed by atoms with Crippen molar-refractivity contribution in [2.75, 3.05) is 0 Å². The molecule has 1 nitrogen and oxygen atoms in total. The summed E-state index contributed by atoms with van der Waals surface area (Å²) in [7, 11) is 0. The summed E-state index contributed by atoms with van der Waals surface area (Å²) >= 11 is 2.91. The molecule has 2 aromatic rings. The van der Waals surface area contributed by atoms with Crippen molar-refractivity contribution in [1.29, 1.82) is 0 Å². The van der Waals surface area contributed by atoms with E-state index in [4.69, 9.17) is 0 Å². The molecule has 0 saturated carbocycles. The summed E-state index contributed by atoms with van der Waals surface area (Å²) in [6, 6.07) is 7.60. The van der Waals surface area contributed by atoms with Gasteiger partial charge in [-0.05, 0) is 40.2 Å². The monoisotopic (exact) mass is 328 g/mol. The number of ketones is 1. The van der Waals surface area contributed by atoms with Crippen molar-refractivity contribution in [2.24, 2.45) is 0 Å². The van der Waals surface area contributed by atoms with E-state index in [1.807, 2.05) is 0 Å². The smallest absolute Gasteiger partial charge is 0.170 e. The van der Waals surface area contributed by atoms with Gasteiger partial charge in [-0.2, -0.15) is 0 Å². The van der Waals surface area contributed by atoms with Crippen LogP contribution in [-0.4, -0.2) is 5.78 Å². The van der Waals surface area contributed by atoms with Gasteiger partial charge in [0, 0.05) is 12.0 Å². The van der Waals surface area contributed by atoms with Crippen LogP contribution in [-0.2, 0) is 6.42 Å². The van der Waals surface area contributed by atoms with E-state index in [0.717, 1.165) is 12.1 Å². The Bertz CT molecular complexity index is 641. The third kappa shape index (κ3) is 2.87. The Balaban J connectivity index is 2.35. The zero-order valence-corrected chi connectivity index (χ0v) is 11.2. The van der Waals surface area contributed by atoms with Crippen LogP contribution in [0.15, 0.2) is 40.9 Å². The molecule has 0 atom stereocenters. The zero-order valence-electron chi connectivity index (χ0n) is 9.59. The molecule has 2 rings (SSSR count). The minimum Gasteiger partial charge on any atom is -0.294 e. The van der Waals surface area contributed by atoms with Gasteiger partial charge in [0.15, 0.2) is 5.78 Å². The second-order valence-corrected chi connectivity index (χ2v) is 4.76. The summed E-state index contributed by atoms with van der Waals surface area (Å²) in [5.74, 6) is -3.05. The van der Waals surface area contributed by atoms with Crippen LogP contribution in [0, 0.1) is 17.5 Å². The molecule has 0 aliphatic rings. The Morgan fingerprint density at radius 1 is 1.00 bits per heavy atom. The Hall–Kier alpha value is -1.62. The van der Waals surface area contributed by atoms with Crippen molar-refractivity contribution in [1.82, 2.24) is 0 Å². The third-order valence-electron chi connectivity index (χ3n) is 2.65. The summed E-state index contributed by atoms with van der Waals surface area (Å²) in [5.41, 5.74) is -0.552. The predicted octanol–water partition coefficient (Wildman–Crippen LogP) is 4.29. The first-order valence-electron chi connectivity index (χ1n) is 5.41. The average Bonchev–Trinajstić information content (AvgIpc) is 2.39. The molecule has 98 valence electrons. The largest absolute Gasteiger partial charge is 0.294 e. The Labute approximate surface area is 116 Å². The van der Waals surface area contributed by atoms with Crippen molar-refractivity contribution < 1.29 is 18.0 Å². The highest BCUT2D eigenvalue weighted by molar-refractivity contribution is 9.10. The molecule has 2 aromatic carbocycles. The lowest BCUT2D eigenvalue weighted by Gasteiger charge is -2.06. The average molecular weight is 329 g/mol. The van der Waals surface area contributed by atoms with Gasteiger partial charge in [0.1, 0.15) is 17.5 Å². The number of rotatable bonds is 3. The molecule has 0 saturated heterocycles. The van der Waals surface area contributed by atoms with Crippen molar-refractivity contribution in [3.63, 3.8) is 0 Å². The van der Waals surface area contributed by atoms with Gasteiger partial charge in [-0.15, -0.1) is 0 Å². The second kappa shape index (κ2) is 5.57. The van der Waals surface area contributed by atoms with E-state index < -0.39 is 29.7 Å². The normalized spacial score (nSPS) is 10.5. The quantitative estimate of drug-likeness (QED) is 0.606. The number of hydrogen-bond acceptors (Lipinski definition) is 1. The molecule has 0 radical (unpaired) electrons. The van der Waals surface area contributed by atoms with E-state index in [0.29, 0.717) is 0 Å². The van der Waals surface area contributed by atoms with E-state index in [9.17, 15) is 18.0 Å². The number of carbonyl (C=O) groups excluding carboxylic acids is 1. The summed E-state index contributed by atoms with van der Waals surface area (Å²) < 4.78 is 40.7. The topological polar surface area (TPSA) is 17.1 Å². The molecular weight excluding hydrogens is 321 g/mol. The number of benzene rings is 2. The van der Waals surface area contributed by atoms with Gasteiger partial charge in [0.25, 0.3) is 0 Å². The van der Waals surface area contributed by atoms with Crippen molar-refractivity contribution in [3.8, 4) is 0 Å². The molecular formula is C14H8BrF3O. The van der Waals surface area contributed by atoms with E-state index in [1.54, 1.807) is 0 Å². The van der Waals surface area contributed by atoms with Crippen molar-refractivity contribution in [3.05, 3.63) is 69.4 Å². The first-order valence-corrected chi connectivity index (χ1v) is 6.20. The van der Waals surface area contributed by atoms with Gasteiger partial charge >= 0.3 is 0 Å². The molecule has 19 heavy (non-hydrogen) atoms. The molecule has 5 heteroatoms. The summed E-state index contributed by atoms with van der Waals surface area (Å²) in [6.07, 6.45) is -0.530. The molecule has 0 aliphatic carbocycles. The van der Waals surface area contributed by atoms with Crippen molar-refractivity contribution >= 4 is 21.7 Å². The van der Waals surface area contributed by atoms with Gasteiger partial charge in [0.2, 0.25) is 0 Å². The lowest BCUT2D eigenvalue weighted by molar-refractivity contribution is 0.0986. The number of Topliss-reactive ketones (excluding diaryl/α,β-unsaturated/α-hetero) is 1. The lowest BCUT2D eigenvalue weighted by Crippen LogP contribution is -2.09. The minimum absolute atomic E-state index is 0.0604. The van der Waals surface area contributed by atoms with E-state index >= 15 is 0 Å². The van der Waals surface area contributed by atoms with Crippen LogP contribution in [0.2, 0.25) is 0 Å². The number of halogens is 4. The molecule has 0 bridgehead atoms. The molecule has 0 N–H and O–H groups in total. The maximum absolute atomic E-state index is 13.7. The summed E-state index contributed by atoms with van der Waals surface area (Å²) in [6.45, 7) is 0. The molecule has 0 aliphatic heterocycles. The zero-order chi connectivity index (χ0) is 14.0. The van der Waals surface area contributed by atoms with Crippen LogP contribution < -0.4 is 0 Å². The predicted molar refractivity (Wildman–Crippen MR) is 68.5 cm³/mol. The van der Waals surface area contributed by atoms with E-state index in [1.165, 1.54) is 24.3 Å². The van der Waals surface area contributed by atoms with E-state index in [-0.39, 0.29) is 15.6 Å². The van der Waals surface area contributed by atoms with Crippen LogP contribution >= 0.6 is 15.9 Å². The molecule has 0 unspecified atom stereocenters. The fourth-order valence-corrected chi connectivity index (χ4v) is 2.05. The first kappa shape index (κ1) is 13.8.